The molecule has 0 saturated carbocycles. The molecule has 16 heavy (non-hydrogen) atoms. The highest BCUT2D eigenvalue weighted by molar-refractivity contribution is 9.10. The Balaban J connectivity index is 2.08. The zero-order valence-corrected chi connectivity index (χ0v) is 12.3. The maximum absolute atomic E-state index is 3.79. The van der Waals surface area contributed by atoms with Crippen molar-refractivity contribution in [2.24, 2.45) is 0 Å². The third kappa shape index (κ3) is 3.08. The average molecular weight is 302 g/mol. The highest BCUT2D eigenvalue weighted by atomic mass is 79.9. The summed E-state index contributed by atoms with van der Waals surface area (Å²) in [6, 6.07) is 2.27. The average Bonchev–Trinajstić information content (AvgIpc) is 2.54. The van der Waals surface area contributed by atoms with Gasteiger partial charge in [-0.2, -0.15) is 0 Å². The number of hydrogen-bond donors (Lipinski definition) is 1. The number of rotatable bonds is 3. The van der Waals surface area contributed by atoms with Gasteiger partial charge < -0.3 is 5.32 Å². The van der Waals surface area contributed by atoms with E-state index in [1.54, 1.807) is 0 Å². The summed E-state index contributed by atoms with van der Waals surface area (Å²) in [5.41, 5.74) is 0.362. The van der Waals surface area contributed by atoms with Crippen molar-refractivity contribution in [3.05, 3.63) is 20.8 Å². The molecule has 1 aliphatic heterocycles. The standard InChI is InChI=1S/C13H20BrNS/c1-2-13(6-4-3-5-7-15-13)9-12-8-11(14)10-16-12/h8,10,15H,2-7,9H2,1H3. The number of halogens is 1. The quantitative estimate of drug-likeness (QED) is 0.874. The molecule has 0 aromatic carbocycles. The summed E-state index contributed by atoms with van der Waals surface area (Å²) in [5.74, 6) is 0. The number of nitrogens with one attached hydrogen (secondary N) is 1. The SMILES string of the molecule is CCC1(Cc2cc(Br)cs2)CCCCCN1. The first-order valence-corrected chi connectivity index (χ1v) is 7.89. The van der Waals surface area contributed by atoms with E-state index in [4.69, 9.17) is 0 Å². The largest absolute Gasteiger partial charge is 0.311 e. The lowest BCUT2D eigenvalue weighted by atomic mass is 9.86. The first kappa shape index (κ1) is 12.6. The van der Waals surface area contributed by atoms with Gasteiger partial charge in [0.2, 0.25) is 0 Å². The van der Waals surface area contributed by atoms with Crippen LogP contribution < -0.4 is 5.32 Å². The molecule has 1 N–H and O–H groups in total. The number of thiophene rings is 1. The smallest absolute Gasteiger partial charge is 0.0285 e. The third-order valence-corrected chi connectivity index (χ3v) is 5.34. The number of hydrogen-bond acceptors (Lipinski definition) is 2. The summed E-state index contributed by atoms with van der Waals surface area (Å²) in [7, 11) is 0. The van der Waals surface area contributed by atoms with Gasteiger partial charge in [0.15, 0.2) is 0 Å². The van der Waals surface area contributed by atoms with Crippen LogP contribution in [-0.4, -0.2) is 12.1 Å². The molecular formula is C13H20BrNS. The minimum atomic E-state index is 0.362. The Kier molecular flexibility index (Phi) is 4.45. The minimum Gasteiger partial charge on any atom is -0.311 e. The highest BCUT2D eigenvalue weighted by Crippen LogP contribution is 2.30. The Bertz CT molecular complexity index is 326. The van der Waals surface area contributed by atoms with Crippen LogP contribution in [0.25, 0.3) is 0 Å². The minimum absolute atomic E-state index is 0.362. The van der Waals surface area contributed by atoms with Gasteiger partial charge in [-0.25, -0.2) is 0 Å². The molecule has 0 amide bonds. The van der Waals surface area contributed by atoms with Crippen molar-refractivity contribution in [3.63, 3.8) is 0 Å². The summed E-state index contributed by atoms with van der Waals surface area (Å²) >= 11 is 5.42. The Labute approximate surface area is 111 Å². The molecule has 1 fully saturated rings. The third-order valence-electron chi connectivity index (χ3n) is 3.64. The van der Waals surface area contributed by atoms with Crippen molar-refractivity contribution < 1.29 is 0 Å². The molecular weight excluding hydrogens is 282 g/mol. The van der Waals surface area contributed by atoms with E-state index < -0.39 is 0 Å². The van der Waals surface area contributed by atoms with Crippen molar-refractivity contribution in [3.8, 4) is 0 Å². The predicted octanol–water partition coefficient (Wildman–Crippen LogP) is 4.37. The van der Waals surface area contributed by atoms with E-state index in [1.165, 1.54) is 54.4 Å². The van der Waals surface area contributed by atoms with Gasteiger partial charge in [0.05, 0.1) is 0 Å². The van der Waals surface area contributed by atoms with Gasteiger partial charge in [-0.05, 0) is 54.2 Å². The Hall–Kier alpha value is 0.140. The molecule has 0 aliphatic carbocycles. The van der Waals surface area contributed by atoms with Crippen molar-refractivity contribution in [1.29, 1.82) is 0 Å². The summed E-state index contributed by atoms with van der Waals surface area (Å²) in [6.45, 7) is 3.52. The molecule has 1 aromatic heterocycles. The van der Waals surface area contributed by atoms with Crippen molar-refractivity contribution in [2.75, 3.05) is 6.54 Å². The van der Waals surface area contributed by atoms with Gasteiger partial charge >= 0.3 is 0 Å². The molecule has 1 nitrogen and oxygen atoms in total. The molecule has 3 heteroatoms. The fourth-order valence-corrected chi connectivity index (χ4v) is 4.16. The summed E-state index contributed by atoms with van der Waals surface area (Å²) in [5, 5.41) is 5.98. The maximum atomic E-state index is 3.79. The van der Waals surface area contributed by atoms with Crippen LogP contribution in [-0.2, 0) is 6.42 Å². The van der Waals surface area contributed by atoms with Gasteiger partial charge in [-0.15, -0.1) is 11.3 Å². The molecule has 2 rings (SSSR count). The molecule has 1 aromatic rings. The van der Waals surface area contributed by atoms with Crippen LogP contribution in [0.4, 0.5) is 0 Å². The highest BCUT2D eigenvalue weighted by Gasteiger charge is 2.29. The van der Waals surface area contributed by atoms with Crippen LogP contribution in [0.5, 0.6) is 0 Å². The zero-order chi connectivity index (χ0) is 11.4. The Morgan fingerprint density at radius 1 is 1.44 bits per heavy atom. The van der Waals surface area contributed by atoms with E-state index in [0.29, 0.717) is 5.54 Å². The Morgan fingerprint density at radius 3 is 3.00 bits per heavy atom. The molecule has 1 atom stereocenters. The Morgan fingerprint density at radius 2 is 2.31 bits per heavy atom. The van der Waals surface area contributed by atoms with Crippen LogP contribution in [0.1, 0.15) is 43.9 Å². The van der Waals surface area contributed by atoms with Crippen molar-refractivity contribution in [2.45, 2.75) is 51.0 Å². The molecule has 90 valence electrons. The second-order valence-electron chi connectivity index (χ2n) is 4.78. The molecule has 1 saturated heterocycles. The molecule has 0 radical (unpaired) electrons. The second-order valence-corrected chi connectivity index (χ2v) is 6.69. The van der Waals surface area contributed by atoms with Gasteiger partial charge in [0.1, 0.15) is 0 Å². The fourth-order valence-electron chi connectivity index (χ4n) is 2.56. The van der Waals surface area contributed by atoms with E-state index >= 15 is 0 Å². The summed E-state index contributed by atoms with van der Waals surface area (Å²) in [6.07, 6.45) is 7.88. The lowest BCUT2D eigenvalue weighted by Gasteiger charge is -2.32. The van der Waals surface area contributed by atoms with E-state index in [0.717, 1.165) is 0 Å². The molecule has 0 spiro atoms. The fraction of sp³-hybridized carbons (Fsp3) is 0.692. The normalized spacial score (nSPS) is 26.6. The first-order valence-electron chi connectivity index (χ1n) is 6.22. The topological polar surface area (TPSA) is 12.0 Å². The van der Waals surface area contributed by atoms with E-state index in [1.807, 2.05) is 11.3 Å². The van der Waals surface area contributed by atoms with Gasteiger partial charge in [-0.1, -0.05) is 19.8 Å². The van der Waals surface area contributed by atoms with E-state index in [2.05, 4.69) is 39.6 Å². The lowest BCUT2D eigenvalue weighted by molar-refractivity contribution is 0.304. The first-order chi connectivity index (χ1) is 7.74. The van der Waals surface area contributed by atoms with Crippen molar-refractivity contribution in [1.82, 2.24) is 5.32 Å². The lowest BCUT2D eigenvalue weighted by Crippen LogP contribution is -2.45. The zero-order valence-electron chi connectivity index (χ0n) is 9.89. The summed E-state index contributed by atoms with van der Waals surface area (Å²) < 4.78 is 1.23. The van der Waals surface area contributed by atoms with Crippen LogP contribution in [0.15, 0.2) is 15.9 Å². The van der Waals surface area contributed by atoms with E-state index in [9.17, 15) is 0 Å². The molecule has 1 unspecified atom stereocenters. The second kappa shape index (κ2) is 5.65. The van der Waals surface area contributed by atoms with Gasteiger partial charge in [0.25, 0.3) is 0 Å². The molecule has 0 bridgehead atoms. The molecule has 2 heterocycles. The van der Waals surface area contributed by atoms with Crippen LogP contribution in [0, 0.1) is 0 Å². The van der Waals surface area contributed by atoms with Crippen molar-refractivity contribution >= 4 is 27.3 Å². The van der Waals surface area contributed by atoms with Crippen LogP contribution >= 0.6 is 27.3 Å². The summed E-state index contributed by atoms with van der Waals surface area (Å²) in [4.78, 5) is 1.50. The monoisotopic (exact) mass is 301 g/mol. The van der Waals surface area contributed by atoms with Gasteiger partial charge in [0, 0.05) is 20.3 Å². The molecule has 1 aliphatic rings. The van der Waals surface area contributed by atoms with Gasteiger partial charge in [-0.3, -0.25) is 0 Å². The van der Waals surface area contributed by atoms with Crippen LogP contribution in [0.2, 0.25) is 0 Å². The van der Waals surface area contributed by atoms with Crippen LogP contribution in [0.3, 0.4) is 0 Å². The maximum Gasteiger partial charge on any atom is 0.0285 e. The van der Waals surface area contributed by atoms with E-state index in [-0.39, 0.29) is 0 Å². The predicted molar refractivity (Wildman–Crippen MR) is 75.2 cm³/mol.